The number of hydrogen-bond acceptors (Lipinski definition) is 5. The van der Waals surface area contributed by atoms with Gasteiger partial charge >= 0.3 is 0 Å². The zero-order valence-electron chi connectivity index (χ0n) is 14.7. The highest BCUT2D eigenvalue weighted by Gasteiger charge is 2.36. The molecule has 1 aliphatic rings. The molecule has 1 aliphatic heterocycles. The van der Waals surface area contributed by atoms with Gasteiger partial charge in [-0.25, -0.2) is 0 Å². The lowest BCUT2D eigenvalue weighted by atomic mass is 9.79. The Bertz CT molecular complexity index is 689. The van der Waals surface area contributed by atoms with E-state index in [2.05, 4.69) is 5.32 Å². The summed E-state index contributed by atoms with van der Waals surface area (Å²) < 4.78 is 0. The van der Waals surface area contributed by atoms with Gasteiger partial charge in [-0.15, -0.1) is 0 Å². The molecule has 136 valence electrons. The summed E-state index contributed by atoms with van der Waals surface area (Å²) in [5.41, 5.74) is 5.88. The van der Waals surface area contributed by atoms with Crippen molar-refractivity contribution in [2.24, 2.45) is 11.1 Å². The van der Waals surface area contributed by atoms with Gasteiger partial charge in [-0.3, -0.25) is 19.7 Å². The van der Waals surface area contributed by atoms with Gasteiger partial charge in [0.05, 0.1) is 4.92 Å². The van der Waals surface area contributed by atoms with Crippen LogP contribution >= 0.6 is 0 Å². The van der Waals surface area contributed by atoms with Crippen LogP contribution in [-0.2, 0) is 4.79 Å². The summed E-state index contributed by atoms with van der Waals surface area (Å²) in [6.07, 6.45) is 0.713. The molecule has 1 saturated heterocycles. The lowest BCUT2D eigenvalue weighted by Crippen LogP contribution is -2.57. The van der Waals surface area contributed by atoms with Crippen molar-refractivity contribution in [1.29, 1.82) is 0 Å². The first-order valence-electron chi connectivity index (χ1n) is 8.21. The van der Waals surface area contributed by atoms with Crippen LogP contribution in [0.25, 0.3) is 0 Å². The number of likely N-dealkylation sites (tertiary alicyclic amines) is 1. The number of benzene rings is 1. The van der Waals surface area contributed by atoms with Gasteiger partial charge in [-0.1, -0.05) is 19.9 Å². The monoisotopic (exact) mass is 348 g/mol. The second-order valence-corrected chi connectivity index (χ2v) is 7.15. The van der Waals surface area contributed by atoms with E-state index in [1.54, 1.807) is 11.8 Å². The average Bonchev–Trinajstić information content (AvgIpc) is 2.56. The van der Waals surface area contributed by atoms with Gasteiger partial charge in [0.2, 0.25) is 5.91 Å². The fourth-order valence-corrected chi connectivity index (χ4v) is 2.94. The van der Waals surface area contributed by atoms with E-state index in [9.17, 15) is 19.7 Å². The number of nitrogens with zero attached hydrogens (tertiary/aromatic N) is 2. The van der Waals surface area contributed by atoms with Crippen molar-refractivity contribution >= 4 is 17.5 Å². The standard InChI is InChI=1S/C17H24N4O4/c1-11(16(23)20-8-7-14(18)17(2,3)10-20)19-15(22)12-5-4-6-13(9-12)21(24)25/h4-6,9,11,14H,7-8,10,18H2,1-3H3,(H,19,22). The van der Waals surface area contributed by atoms with Crippen molar-refractivity contribution in [2.75, 3.05) is 13.1 Å². The summed E-state index contributed by atoms with van der Waals surface area (Å²) in [5.74, 6) is -0.698. The van der Waals surface area contributed by atoms with Crippen LogP contribution in [0, 0.1) is 15.5 Å². The van der Waals surface area contributed by atoms with Gasteiger partial charge < -0.3 is 16.0 Å². The second-order valence-electron chi connectivity index (χ2n) is 7.15. The number of nitrogens with two attached hydrogens (primary N) is 1. The van der Waals surface area contributed by atoms with Crippen molar-refractivity contribution in [2.45, 2.75) is 39.3 Å². The Morgan fingerprint density at radius 1 is 1.44 bits per heavy atom. The number of nitro groups is 1. The van der Waals surface area contributed by atoms with Crippen LogP contribution in [0.1, 0.15) is 37.6 Å². The molecule has 3 N–H and O–H groups in total. The fraction of sp³-hybridized carbons (Fsp3) is 0.529. The summed E-state index contributed by atoms with van der Waals surface area (Å²) in [4.78, 5) is 36.8. The van der Waals surface area contributed by atoms with Gasteiger partial charge in [-0.05, 0) is 24.8 Å². The Labute approximate surface area is 146 Å². The zero-order chi connectivity index (χ0) is 18.8. The van der Waals surface area contributed by atoms with Crippen molar-refractivity contribution in [3.8, 4) is 0 Å². The molecule has 25 heavy (non-hydrogen) atoms. The molecule has 0 bridgehead atoms. The maximum Gasteiger partial charge on any atom is 0.270 e. The van der Waals surface area contributed by atoms with Crippen LogP contribution in [0.2, 0.25) is 0 Å². The van der Waals surface area contributed by atoms with Crippen LogP contribution in [0.15, 0.2) is 24.3 Å². The second kappa shape index (κ2) is 7.18. The van der Waals surface area contributed by atoms with Crippen LogP contribution < -0.4 is 11.1 Å². The maximum atomic E-state index is 12.6. The number of nitro benzene ring substituents is 1. The van der Waals surface area contributed by atoms with E-state index in [0.29, 0.717) is 19.5 Å². The van der Waals surface area contributed by atoms with E-state index < -0.39 is 16.9 Å². The highest BCUT2D eigenvalue weighted by Crippen LogP contribution is 2.28. The third kappa shape index (κ3) is 4.33. The van der Waals surface area contributed by atoms with Gasteiger partial charge in [0.25, 0.3) is 11.6 Å². The van der Waals surface area contributed by atoms with Crippen LogP contribution in [0.5, 0.6) is 0 Å². The molecular formula is C17H24N4O4. The van der Waals surface area contributed by atoms with Crippen molar-refractivity contribution in [3.63, 3.8) is 0 Å². The van der Waals surface area contributed by atoms with Crippen molar-refractivity contribution < 1.29 is 14.5 Å². The van der Waals surface area contributed by atoms with Crippen molar-refractivity contribution in [3.05, 3.63) is 39.9 Å². The third-order valence-electron chi connectivity index (χ3n) is 4.66. The Hall–Kier alpha value is -2.48. The number of nitrogens with one attached hydrogen (secondary N) is 1. The molecule has 1 aromatic carbocycles. The molecule has 0 radical (unpaired) electrons. The lowest BCUT2D eigenvalue weighted by Gasteiger charge is -2.43. The summed E-state index contributed by atoms with van der Waals surface area (Å²) in [6, 6.07) is 4.72. The largest absolute Gasteiger partial charge is 0.341 e. The SMILES string of the molecule is CC(NC(=O)c1cccc([N+](=O)[O-])c1)C(=O)N1CCC(N)C(C)(C)C1. The highest BCUT2D eigenvalue weighted by atomic mass is 16.6. The van der Waals surface area contributed by atoms with Crippen LogP contribution in [0.3, 0.4) is 0 Å². The lowest BCUT2D eigenvalue weighted by molar-refractivity contribution is -0.384. The molecule has 8 nitrogen and oxygen atoms in total. The van der Waals surface area contributed by atoms with Crippen molar-refractivity contribution in [1.82, 2.24) is 10.2 Å². The third-order valence-corrected chi connectivity index (χ3v) is 4.66. The Balaban J connectivity index is 2.02. The first-order chi connectivity index (χ1) is 11.6. The molecule has 1 heterocycles. The first kappa shape index (κ1) is 18.9. The first-order valence-corrected chi connectivity index (χ1v) is 8.21. The van der Waals surface area contributed by atoms with E-state index in [-0.39, 0.29) is 28.6 Å². The van der Waals surface area contributed by atoms with E-state index in [1.165, 1.54) is 24.3 Å². The van der Waals surface area contributed by atoms with Gasteiger partial charge in [0, 0.05) is 36.8 Å². The summed E-state index contributed by atoms with van der Waals surface area (Å²) in [6.45, 7) is 6.73. The molecule has 0 spiro atoms. The molecule has 1 aromatic rings. The molecule has 1 fully saturated rings. The Morgan fingerprint density at radius 2 is 2.12 bits per heavy atom. The topological polar surface area (TPSA) is 119 Å². The highest BCUT2D eigenvalue weighted by molar-refractivity contribution is 5.97. The minimum absolute atomic E-state index is 0.0336. The van der Waals surface area contributed by atoms with E-state index in [1.807, 2.05) is 13.8 Å². The normalized spacial score (nSPS) is 20.6. The number of non-ortho nitro benzene ring substituents is 1. The van der Waals surface area contributed by atoms with Gasteiger partial charge in [0.15, 0.2) is 0 Å². The van der Waals surface area contributed by atoms with Crippen LogP contribution in [-0.4, -0.2) is 46.8 Å². The number of rotatable bonds is 4. The number of hydrogen-bond donors (Lipinski definition) is 2. The molecule has 0 saturated carbocycles. The molecular weight excluding hydrogens is 324 g/mol. The molecule has 0 aromatic heterocycles. The van der Waals surface area contributed by atoms with E-state index in [0.717, 1.165) is 0 Å². The predicted octanol–water partition coefficient (Wildman–Crippen LogP) is 1.30. The average molecular weight is 348 g/mol. The number of carbonyl (C=O) groups excluding carboxylic acids is 2. The summed E-state index contributed by atoms with van der Waals surface area (Å²) in [5, 5.41) is 13.4. The smallest absolute Gasteiger partial charge is 0.270 e. The maximum absolute atomic E-state index is 12.6. The van der Waals surface area contributed by atoms with E-state index >= 15 is 0 Å². The summed E-state index contributed by atoms with van der Waals surface area (Å²) >= 11 is 0. The number of carbonyl (C=O) groups is 2. The van der Waals surface area contributed by atoms with Gasteiger partial charge in [0.1, 0.15) is 6.04 Å². The fourth-order valence-electron chi connectivity index (χ4n) is 2.94. The number of amides is 2. The zero-order valence-corrected chi connectivity index (χ0v) is 14.7. The Morgan fingerprint density at radius 3 is 2.72 bits per heavy atom. The molecule has 8 heteroatoms. The van der Waals surface area contributed by atoms with Crippen LogP contribution in [0.4, 0.5) is 5.69 Å². The number of piperidine rings is 1. The quantitative estimate of drug-likeness (QED) is 0.628. The Kier molecular flexibility index (Phi) is 5.42. The van der Waals surface area contributed by atoms with E-state index in [4.69, 9.17) is 5.73 Å². The molecule has 2 unspecified atom stereocenters. The predicted molar refractivity (Wildman–Crippen MR) is 93.0 cm³/mol. The summed E-state index contributed by atoms with van der Waals surface area (Å²) in [7, 11) is 0. The minimum Gasteiger partial charge on any atom is -0.341 e. The molecule has 2 rings (SSSR count). The van der Waals surface area contributed by atoms with Gasteiger partial charge in [-0.2, -0.15) is 0 Å². The minimum atomic E-state index is -0.725. The molecule has 0 aliphatic carbocycles. The molecule has 2 atom stereocenters. The molecule has 2 amide bonds.